The lowest BCUT2D eigenvalue weighted by atomic mass is 9.39. The third kappa shape index (κ3) is 7.15. The third-order valence-corrected chi connectivity index (χ3v) is 16.0. The molecule has 5 atom stereocenters. The summed E-state index contributed by atoms with van der Waals surface area (Å²) in [5.74, 6) is -0.583. The van der Waals surface area contributed by atoms with E-state index in [0.717, 1.165) is 37.8 Å². The lowest BCUT2D eigenvalue weighted by Crippen LogP contribution is -2.67. The van der Waals surface area contributed by atoms with Crippen LogP contribution in [0.1, 0.15) is 123 Å². The lowest BCUT2D eigenvalue weighted by molar-refractivity contribution is -0.136. The Morgan fingerprint density at radius 3 is 2.44 bits per heavy atom. The van der Waals surface area contributed by atoms with Gasteiger partial charge in [-0.2, -0.15) is 0 Å². The monoisotopic (exact) mass is 837 g/mol. The van der Waals surface area contributed by atoms with Crippen LogP contribution in [0.3, 0.4) is 0 Å². The Balaban J connectivity index is 1.02. The first kappa shape index (κ1) is 42.1. The van der Waals surface area contributed by atoms with Gasteiger partial charge >= 0.3 is 0 Å². The lowest BCUT2D eigenvalue weighted by Gasteiger charge is -2.65. The average Bonchev–Trinajstić information content (AvgIpc) is 4.07. The van der Waals surface area contributed by atoms with Crippen molar-refractivity contribution in [3.05, 3.63) is 118 Å². The number of imidazole rings is 1. The number of aromatic hydroxyl groups is 5. The number of hydrogen-bond acceptors (Lipinski definition) is 8. The Morgan fingerprint density at radius 2 is 1.65 bits per heavy atom. The van der Waals surface area contributed by atoms with Crippen LogP contribution in [0, 0.1) is 22.7 Å². The molecule has 0 amide bonds. The highest BCUT2D eigenvalue weighted by atomic mass is 16.3. The number of aliphatic hydroxyl groups excluding tert-OH is 1. The molecule has 0 bridgehead atoms. The van der Waals surface area contributed by atoms with Crippen LogP contribution in [0.25, 0.3) is 22.9 Å². The SMILES string of the molecule is CCCCCc1cc(CCc2c(O)c(O)c3c(O)cccc3c2C=Cc2ccc(O)c(O)c2)ccc1CNCC1(c2cnc[nH]2)C2C(O)C=CC3CCCC32CCC12CCCC2. The van der Waals surface area contributed by atoms with Gasteiger partial charge in [0.25, 0.3) is 0 Å². The number of fused-ring (bicyclic) bond motifs is 1. The summed E-state index contributed by atoms with van der Waals surface area (Å²) < 4.78 is 0. The number of H-pyrrole nitrogens is 1. The summed E-state index contributed by atoms with van der Waals surface area (Å²) in [6, 6.07) is 16.3. The first-order valence-corrected chi connectivity index (χ1v) is 23.2. The van der Waals surface area contributed by atoms with Crippen LogP contribution in [0.15, 0.2) is 79.3 Å². The van der Waals surface area contributed by atoms with Crippen LogP contribution in [-0.4, -0.2) is 53.3 Å². The van der Waals surface area contributed by atoms with Crippen LogP contribution in [0.5, 0.6) is 28.7 Å². The number of benzene rings is 4. The fourth-order valence-corrected chi connectivity index (χ4v) is 13.2. The first-order valence-electron chi connectivity index (χ1n) is 23.2. The van der Waals surface area contributed by atoms with Crippen LogP contribution < -0.4 is 5.32 Å². The third-order valence-electron chi connectivity index (χ3n) is 16.0. The van der Waals surface area contributed by atoms with Crippen molar-refractivity contribution in [1.82, 2.24) is 15.3 Å². The molecule has 1 aromatic heterocycles. The summed E-state index contributed by atoms with van der Waals surface area (Å²) >= 11 is 0. The summed E-state index contributed by atoms with van der Waals surface area (Å²) in [7, 11) is 0. The molecule has 9 heteroatoms. The number of aliphatic hydroxyl groups is 1. The second-order valence-electron chi connectivity index (χ2n) is 19.0. The van der Waals surface area contributed by atoms with Gasteiger partial charge in [0.05, 0.1) is 17.8 Å². The fraction of sp³-hybridized carbons (Fsp3) is 0.453. The molecule has 0 aliphatic heterocycles. The molecule has 5 aromatic rings. The predicted molar refractivity (Wildman–Crippen MR) is 245 cm³/mol. The fourth-order valence-electron chi connectivity index (χ4n) is 13.2. The number of rotatable bonds is 14. The summed E-state index contributed by atoms with van der Waals surface area (Å²) in [6.45, 7) is 3.72. The molecule has 0 radical (unpaired) electrons. The second kappa shape index (κ2) is 17.1. The van der Waals surface area contributed by atoms with Gasteiger partial charge < -0.3 is 40.9 Å². The van der Waals surface area contributed by atoms with Crippen molar-refractivity contribution >= 4 is 22.9 Å². The highest BCUT2D eigenvalue weighted by molar-refractivity contribution is 6.03. The maximum absolute atomic E-state index is 12.2. The maximum atomic E-state index is 12.2. The number of unbranched alkanes of at least 4 members (excludes halogenated alkanes) is 2. The number of nitrogens with zero attached hydrogens (tertiary/aromatic N) is 1. The molecule has 326 valence electrons. The summed E-state index contributed by atoms with van der Waals surface area (Å²) in [5, 5.41) is 70.5. The van der Waals surface area contributed by atoms with Crippen molar-refractivity contribution in [2.45, 2.75) is 121 Å². The molecule has 3 fully saturated rings. The minimum Gasteiger partial charge on any atom is -0.507 e. The number of aryl methyl sites for hydroxylation is 2. The van der Waals surface area contributed by atoms with Gasteiger partial charge in [-0.05, 0) is 132 Å². The quantitative estimate of drug-likeness (QED) is 0.0237. The van der Waals surface area contributed by atoms with Crippen LogP contribution >= 0.6 is 0 Å². The van der Waals surface area contributed by atoms with E-state index in [1.807, 2.05) is 18.5 Å². The zero-order chi connectivity index (χ0) is 43.1. The number of aromatic nitrogens is 2. The van der Waals surface area contributed by atoms with Crippen molar-refractivity contribution in [2.75, 3.05) is 6.54 Å². The van der Waals surface area contributed by atoms with E-state index in [4.69, 9.17) is 0 Å². The zero-order valence-electron chi connectivity index (χ0n) is 36.0. The minimum atomic E-state index is -0.497. The molecule has 5 unspecified atom stereocenters. The molecule has 2 spiro atoms. The number of hydrogen-bond donors (Lipinski definition) is 8. The highest BCUT2D eigenvalue weighted by Crippen LogP contribution is 2.72. The standard InChI is InChI=1S/C53H63N3O6/c1-2-3-4-9-36-28-34(15-20-41-39(19-14-35-16-21-42(57)45(60)29-35)40-11-7-12-43(58)47(40)49(62)48(41)61)13-17-37(36)30-54-32-53(46-31-55-33-56-46)50-44(59)22-18-38-10-8-25-52(38,50)27-26-51(53)23-5-6-24-51/h7,11-14,16-19,21-22,28-29,31,33,38,44,50,54,57-62H,2-6,8-10,15,20,23-27,30,32H2,1H3,(H,55,56). The van der Waals surface area contributed by atoms with Gasteiger partial charge in [0.1, 0.15) is 5.75 Å². The summed E-state index contributed by atoms with van der Waals surface area (Å²) in [6.07, 6.45) is 27.7. The first-order chi connectivity index (χ1) is 30.1. The van der Waals surface area contributed by atoms with Gasteiger partial charge in [-0.1, -0.05) is 99.7 Å². The average molecular weight is 838 g/mol. The molecular weight excluding hydrogens is 775 g/mol. The molecule has 8 N–H and O–H groups in total. The molecule has 9 nitrogen and oxygen atoms in total. The van der Waals surface area contributed by atoms with Crippen molar-refractivity contribution in [3.63, 3.8) is 0 Å². The number of nitrogens with one attached hydrogen (secondary N) is 2. The van der Waals surface area contributed by atoms with Crippen molar-refractivity contribution < 1.29 is 30.6 Å². The highest BCUT2D eigenvalue weighted by Gasteiger charge is 2.69. The van der Waals surface area contributed by atoms with E-state index >= 15 is 0 Å². The van der Waals surface area contributed by atoms with E-state index in [1.165, 1.54) is 92.8 Å². The van der Waals surface area contributed by atoms with E-state index < -0.39 is 6.10 Å². The minimum absolute atomic E-state index is 0.0942. The number of phenols is 5. The number of phenolic OH excluding ortho intramolecular Hbond substituents is 5. The Labute approximate surface area is 365 Å². The zero-order valence-corrected chi connectivity index (χ0v) is 36.0. The molecule has 9 rings (SSSR count). The van der Waals surface area contributed by atoms with Gasteiger partial charge in [0.15, 0.2) is 23.0 Å². The maximum Gasteiger partial charge on any atom is 0.169 e. The molecular formula is C53H63N3O6. The van der Waals surface area contributed by atoms with Crippen LogP contribution in [0.2, 0.25) is 0 Å². The van der Waals surface area contributed by atoms with E-state index in [0.29, 0.717) is 47.4 Å². The molecule has 4 aliphatic carbocycles. The largest absolute Gasteiger partial charge is 0.507 e. The smallest absolute Gasteiger partial charge is 0.169 e. The molecule has 4 aliphatic rings. The molecule has 62 heavy (non-hydrogen) atoms. The van der Waals surface area contributed by atoms with Crippen molar-refractivity contribution in [2.24, 2.45) is 22.7 Å². The van der Waals surface area contributed by atoms with Gasteiger partial charge in [0, 0.05) is 41.9 Å². The van der Waals surface area contributed by atoms with Crippen LogP contribution in [0.4, 0.5) is 0 Å². The number of aromatic amines is 1. The van der Waals surface area contributed by atoms with Gasteiger partial charge in [-0.3, -0.25) is 0 Å². The topological polar surface area (TPSA) is 162 Å². The van der Waals surface area contributed by atoms with Gasteiger partial charge in [0.2, 0.25) is 0 Å². The molecule has 4 aromatic carbocycles. The Hall–Kier alpha value is -5.25. The van der Waals surface area contributed by atoms with E-state index in [9.17, 15) is 30.6 Å². The Morgan fingerprint density at radius 1 is 0.790 bits per heavy atom. The van der Waals surface area contributed by atoms with Gasteiger partial charge in [-0.25, -0.2) is 4.98 Å². The Kier molecular flexibility index (Phi) is 11.6. The van der Waals surface area contributed by atoms with Crippen LogP contribution in [-0.2, 0) is 31.2 Å². The van der Waals surface area contributed by atoms with E-state index in [-0.39, 0.29) is 56.3 Å². The molecule has 0 saturated heterocycles. The molecule has 1 heterocycles. The predicted octanol–water partition coefficient (Wildman–Crippen LogP) is 10.5. The van der Waals surface area contributed by atoms with Gasteiger partial charge in [-0.15, -0.1) is 0 Å². The van der Waals surface area contributed by atoms with E-state index in [2.05, 4.69) is 58.8 Å². The summed E-state index contributed by atoms with van der Waals surface area (Å²) in [4.78, 5) is 8.28. The molecule has 3 saturated carbocycles. The number of allylic oxidation sites excluding steroid dienone is 1. The normalized spacial score (nSPS) is 25.2. The van der Waals surface area contributed by atoms with E-state index in [1.54, 1.807) is 18.2 Å². The van der Waals surface area contributed by atoms with Crippen molar-refractivity contribution in [1.29, 1.82) is 0 Å². The van der Waals surface area contributed by atoms with Crippen molar-refractivity contribution in [3.8, 4) is 28.7 Å². The Bertz CT molecular complexity index is 2470. The second-order valence-corrected chi connectivity index (χ2v) is 19.0. The summed E-state index contributed by atoms with van der Waals surface area (Å²) in [5.41, 5.74) is 6.66.